The van der Waals surface area contributed by atoms with E-state index in [1.54, 1.807) is 0 Å². The minimum Gasteiger partial charge on any atom is -0.390 e. The second kappa shape index (κ2) is 9.66. The molecule has 4 atom stereocenters. The fourth-order valence-corrected chi connectivity index (χ4v) is 2.09. The van der Waals surface area contributed by atoms with E-state index in [-0.39, 0.29) is 6.42 Å². The summed E-state index contributed by atoms with van der Waals surface area (Å²) in [5.74, 6) is 0. The van der Waals surface area contributed by atoms with Crippen LogP contribution in [0.3, 0.4) is 0 Å². The van der Waals surface area contributed by atoms with Gasteiger partial charge in [0, 0.05) is 19.6 Å². The first-order valence-corrected chi connectivity index (χ1v) is 7.40. The topological polar surface area (TPSA) is 68.2 Å². The highest BCUT2D eigenvalue weighted by Gasteiger charge is 2.38. The summed E-state index contributed by atoms with van der Waals surface area (Å²) in [6.07, 6.45) is 1.85. The molecular formula is C14H28O5. The minimum atomic E-state index is -0.930. The first-order chi connectivity index (χ1) is 9.19. The van der Waals surface area contributed by atoms with E-state index in [1.165, 1.54) is 0 Å². The molecule has 1 aliphatic heterocycles. The molecule has 114 valence electrons. The van der Waals surface area contributed by atoms with E-state index in [1.807, 2.05) is 0 Å². The van der Waals surface area contributed by atoms with Crippen LogP contribution in [-0.2, 0) is 14.2 Å². The molecule has 0 aromatic carbocycles. The summed E-state index contributed by atoms with van der Waals surface area (Å²) in [6.45, 7) is 5.81. The molecule has 0 aromatic rings. The molecule has 1 aliphatic rings. The Bertz CT molecular complexity index is 224. The molecule has 0 amide bonds. The highest BCUT2D eigenvalue weighted by Crippen LogP contribution is 2.22. The van der Waals surface area contributed by atoms with Gasteiger partial charge in [-0.1, -0.05) is 26.7 Å². The lowest BCUT2D eigenvalue weighted by atomic mass is 10.0. The molecule has 0 saturated carbocycles. The van der Waals surface area contributed by atoms with Crippen LogP contribution in [0.1, 0.15) is 46.0 Å². The molecule has 5 nitrogen and oxygen atoms in total. The SMILES string of the molecule is CCCCOCC1OC(O)CC(O)C1OCCCC. The molecule has 0 radical (unpaired) electrons. The van der Waals surface area contributed by atoms with Crippen molar-refractivity contribution < 1.29 is 24.4 Å². The molecule has 1 rings (SSSR count). The molecular weight excluding hydrogens is 248 g/mol. The molecule has 0 bridgehead atoms. The largest absolute Gasteiger partial charge is 0.390 e. The van der Waals surface area contributed by atoms with Crippen molar-refractivity contribution in [2.45, 2.75) is 70.6 Å². The van der Waals surface area contributed by atoms with Crippen molar-refractivity contribution in [2.75, 3.05) is 19.8 Å². The van der Waals surface area contributed by atoms with Crippen molar-refractivity contribution in [3.63, 3.8) is 0 Å². The van der Waals surface area contributed by atoms with Crippen molar-refractivity contribution >= 4 is 0 Å². The van der Waals surface area contributed by atoms with Crippen molar-refractivity contribution in [1.82, 2.24) is 0 Å². The monoisotopic (exact) mass is 276 g/mol. The maximum Gasteiger partial charge on any atom is 0.157 e. The second-order valence-electron chi connectivity index (χ2n) is 5.05. The summed E-state index contributed by atoms with van der Waals surface area (Å²) in [5, 5.41) is 19.5. The van der Waals surface area contributed by atoms with Crippen LogP contribution < -0.4 is 0 Å². The van der Waals surface area contributed by atoms with E-state index in [9.17, 15) is 10.2 Å². The lowest BCUT2D eigenvalue weighted by Gasteiger charge is -2.37. The Balaban J connectivity index is 2.40. The summed E-state index contributed by atoms with van der Waals surface area (Å²) in [7, 11) is 0. The summed E-state index contributed by atoms with van der Waals surface area (Å²) < 4.78 is 16.6. The third kappa shape index (κ3) is 6.19. The van der Waals surface area contributed by atoms with Gasteiger partial charge in [0.05, 0.1) is 12.7 Å². The Hall–Kier alpha value is -0.200. The van der Waals surface area contributed by atoms with Crippen LogP contribution in [0.2, 0.25) is 0 Å². The number of rotatable bonds is 9. The zero-order valence-corrected chi connectivity index (χ0v) is 12.1. The summed E-state index contributed by atoms with van der Waals surface area (Å²) in [5.41, 5.74) is 0. The lowest BCUT2D eigenvalue weighted by Crippen LogP contribution is -2.51. The van der Waals surface area contributed by atoms with Gasteiger partial charge in [-0.25, -0.2) is 0 Å². The average Bonchev–Trinajstić information content (AvgIpc) is 2.37. The first kappa shape index (κ1) is 16.9. The van der Waals surface area contributed by atoms with Gasteiger partial charge in [-0.2, -0.15) is 0 Å². The van der Waals surface area contributed by atoms with E-state index >= 15 is 0 Å². The van der Waals surface area contributed by atoms with E-state index in [0.29, 0.717) is 19.8 Å². The number of unbranched alkanes of at least 4 members (excludes halogenated alkanes) is 2. The van der Waals surface area contributed by atoms with Gasteiger partial charge in [0.1, 0.15) is 12.2 Å². The molecule has 5 heteroatoms. The maximum atomic E-state index is 9.99. The van der Waals surface area contributed by atoms with Gasteiger partial charge in [-0.15, -0.1) is 0 Å². The zero-order chi connectivity index (χ0) is 14.1. The van der Waals surface area contributed by atoms with Crippen LogP contribution in [-0.4, -0.2) is 54.6 Å². The van der Waals surface area contributed by atoms with Crippen LogP contribution in [0.4, 0.5) is 0 Å². The van der Waals surface area contributed by atoms with Crippen molar-refractivity contribution in [3.05, 3.63) is 0 Å². The fourth-order valence-electron chi connectivity index (χ4n) is 2.09. The number of aliphatic hydroxyl groups is 2. The third-order valence-corrected chi connectivity index (χ3v) is 3.25. The Labute approximate surface area is 115 Å². The molecule has 0 aliphatic carbocycles. The van der Waals surface area contributed by atoms with Crippen molar-refractivity contribution in [3.8, 4) is 0 Å². The molecule has 4 unspecified atom stereocenters. The van der Waals surface area contributed by atoms with Gasteiger partial charge in [0.2, 0.25) is 0 Å². The number of aliphatic hydroxyl groups excluding tert-OH is 2. The highest BCUT2D eigenvalue weighted by atomic mass is 16.6. The average molecular weight is 276 g/mol. The molecule has 1 saturated heterocycles. The summed E-state index contributed by atoms with van der Waals surface area (Å²) in [4.78, 5) is 0. The van der Waals surface area contributed by atoms with Crippen LogP contribution in [0.5, 0.6) is 0 Å². The Kier molecular flexibility index (Phi) is 8.57. The third-order valence-electron chi connectivity index (χ3n) is 3.25. The van der Waals surface area contributed by atoms with Crippen LogP contribution in [0.15, 0.2) is 0 Å². The summed E-state index contributed by atoms with van der Waals surface area (Å²) in [6, 6.07) is 0. The van der Waals surface area contributed by atoms with E-state index in [4.69, 9.17) is 14.2 Å². The Morgan fingerprint density at radius 1 is 1.11 bits per heavy atom. The van der Waals surface area contributed by atoms with Crippen LogP contribution in [0, 0.1) is 0 Å². The lowest BCUT2D eigenvalue weighted by molar-refractivity contribution is -0.253. The summed E-state index contributed by atoms with van der Waals surface area (Å²) >= 11 is 0. The Morgan fingerprint density at radius 3 is 2.47 bits per heavy atom. The molecule has 2 N–H and O–H groups in total. The van der Waals surface area contributed by atoms with Gasteiger partial charge in [-0.3, -0.25) is 0 Å². The predicted octanol–water partition coefficient (Wildman–Crippen LogP) is 1.46. The normalized spacial score (nSPS) is 31.6. The Morgan fingerprint density at radius 2 is 1.79 bits per heavy atom. The highest BCUT2D eigenvalue weighted by molar-refractivity contribution is 4.84. The standard InChI is InChI=1S/C14H28O5/c1-3-5-7-17-10-12-14(18-8-6-4-2)11(15)9-13(16)19-12/h11-16H,3-10H2,1-2H3. The number of ether oxygens (including phenoxy) is 3. The first-order valence-electron chi connectivity index (χ1n) is 7.40. The molecule has 19 heavy (non-hydrogen) atoms. The van der Waals surface area contributed by atoms with Crippen molar-refractivity contribution in [2.24, 2.45) is 0 Å². The van der Waals surface area contributed by atoms with Crippen LogP contribution in [0.25, 0.3) is 0 Å². The minimum absolute atomic E-state index is 0.197. The van der Waals surface area contributed by atoms with Gasteiger partial charge >= 0.3 is 0 Å². The smallest absolute Gasteiger partial charge is 0.157 e. The van der Waals surface area contributed by atoms with Gasteiger partial charge in [0.15, 0.2) is 6.29 Å². The van der Waals surface area contributed by atoms with E-state index in [2.05, 4.69) is 13.8 Å². The quantitative estimate of drug-likeness (QED) is 0.624. The fraction of sp³-hybridized carbons (Fsp3) is 1.00. The predicted molar refractivity (Wildman–Crippen MR) is 71.9 cm³/mol. The molecule has 0 aromatic heterocycles. The number of hydrogen-bond acceptors (Lipinski definition) is 5. The maximum absolute atomic E-state index is 9.99. The zero-order valence-electron chi connectivity index (χ0n) is 12.1. The van der Waals surface area contributed by atoms with Gasteiger partial charge in [0.25, 0.3) is 0 Å². The van der Waals surface area contributed by atoms with Gasteiger partial charge < -0.3 is 24.4 Å². The molecule has 1 fully saturated rings. The van der Waals surface area contributed by atoms with Gasteiger partial charge in [-0.05, 0) is 12.8 Å². The van der Waals surface area contributed by atoms with Crippen LogP contribution >= 0.6 is 0 Å². The second-order valence-corrected chi connectivity index (χ2v) is 5.05. The molecule has 1 heterocycles. The number of hydrogen-bond donors (Lipinski definition) is 2. The molecule has 0 spiro atoms. The van der Waals surface area contributed by atoms with E-state index < -0.39 is 24.6 Å². The van der Waals surface area contributed by atoms with E-state index in [0.717, 1.165) is 25.7 Å². The van der Waals surface area contributed by atoms with Crippen molar-refractivity contribution in [1.29, 1.82) is 0 Å².